The Balaban J connectivity index is 2.22. The van der Waals surface area contributed by atoms with Gasteiger partial charge in [-0.25, -0.2) is 9.98 Å². The smallest absolute Gasteiger partial charge is 0.115 e. The van der Waals surface area contributed by atoms with Gasteiger partial charge in [0.2, 0.25) is 0 Å². The lowest BCUT2D eigenvalue weighted by atomic mass is 10.0. The Morgan fingerprint density at radius 1 is 1.15 bits per heavy atom. The summed E-state index contributed by atoms with van der Waals surface area (Å²) in [5.74, 6) is 0.293. The first-order valence-corrected chi connectivity index (χ1v) is 4.31. The van der Waals surface area contributed by atoms with E-state index in [0.717, 1.165) is 5.70 Å². The zero-order chi connectivity index (χ0) is 8.67. The first-order valence-electron chi connectivity index (χ1n) is 4.31. The van der Waals surface area contributed by atoms with Crippen molar-refractivity contribution in [3.05, 3.63) is 41.1 Å². The van der Waals surface area contributed by atoms with E-state index in [2.05, 4.69) is 34.3 Å². The van der Waals surface area contributed by atoms with Crippen LogP contribution in [0, 0.1) is 0 Å². The van der Waals surface area contributed by atoms with Gasteiger partial charge in [-0.1, -0.05) is 24.3 Å². The molecule has 1 aliphatic heterocycles. The van der Waals surface area contributed by atoms with E-state index in [1.807, 2.05) is 12.3 Å². The molecule has 1 aromatic rings. The van der Waals surface area contributed by atoms with Gasteiger partial charge < -0.3 is 0 Å². The fourth-order valence-corrected chi connectivity index (χ4v) is 1.83. The number of hydrogen-bond donors (Lipinski definition) is 0. The first-order chi connectivity index (χ1) is 6.45. The van der Waals surface area contributed by atoms with Crippen LogP contribution in [0.1, 0.15) is 17.0 Å². The molecule has 1 aromatic carbocycles. The van der Waals surface area contributed by atoms with Crippen molar-refractivity contribution >= 4 is 18.6 Å². The van der Waals surface area contributed by atoms with E-state index in [1.165, 1.54) is 11.1 Å². The predicted octanol–water partition coefficient (Wildman–Crippen LogP) is 2.24. The maximum absolute atomic E-state index is 4.24. The molecule has 1 unspecified atom stereocenters. The number of fused-ring (bicyclic) bond motifs is 3. The predicted molar refractivity (Wildman–Crippen MR) is 54.1 cm³/mol. The number of allylic oxidation sites excluding steroid dienone is 1. The normalized spacial score (nSPS) is 22.5. The summed E-state index contributed by atoms with van der Waals surface area (Å²) < 4.78 is 0. The lowest BCUT2D eigenvalue weighted by molar-refractivity contribution is 1.06. The fraction of sp³-hybridized carbons (Fsp3) is 0.0909. The molecule has 3 rings (SSSR count). The van der Waals surface area contributed by atoms with Crippen LogP contribution < -0.4 is 0 Å². The van der Waals surface area contributed by atoms with Gasteiger partial charge in [0, 0.05) is 6.21 Å². The molecule has 2 nitrogen and oxygen atoms in total. The Morgan fingerprint density at radius 2 is 2.08 bits per heavy atom. The summed E-state index contributed by atoms with van der Waals surface area (Å²) >= 11 is 0. The highest BCUT2D eigenvalue weighted by molar-refractivity contribution is 5.90. The van der Waals surface area contributed by atoms with Crippen molar-refractivity contribution in [3.8, 4) is 0 Å². The summed E-state index contributed by atoms with van der Waals surface area (Å²) in [6.07, 6.45) is 5.68. The van der Waals surface area contributed by atoms with Crippen molar-refractivity contribution in [3.63, 3.8) is 0 Å². The van der Waals surface area contributed by atoms with Crippen LogP contribution in [0.5, 0.6) is 0 Å². The van der Waals surface area contributed by atoms with Crippen molar-refractivity contribution < 1.29 is 0 Å². The van der Waals surface area contributed by atoms with Crippen LogP contribution in [0.15, 0.2) is 39.9 Å². The van der Waals surface area contributed by atoms with E-state index < -0.39 is 0 Å². The number of benzene rings is 1. The average molecular weight is 168 g/mol. The maximum Gasteiger partial charge on any atom is 0.115 e. The van der Waals surface area contributed by atoms with Gasteiger partial charge in [-0.15, -0.1) is 0 Å². The molecule has 0 radical (unpaired) electrons. The Bertz CT molecular complexity index is 441. The van der Waals surface area contributed by atoms with E-state index in [4.69, 9.17) is 0 Å². The number of nitrogens with zero attached hydrogens (tertiary/aromatic N) is 2. The minimum absolute atomic E-state index is 0.293. The molecule has 1 heterocycles. The van der Waals surface area contributed by atoms with Gasteiger partial charge >= 0.3 is 0 Å². The van der Waals surface area contributed by atoms with Crippen molar-refractivity contribution in [2.75, 3.05) is 0 Å². The summed E-state index contributed by atoms with van der Waals surface area (Å²) in [5, 5.41) is 0. The molecular formula is C11H8N2. The molecule has 2 heteroatoms. The Morgan fingerprint density at radius 3 is 3.08 bits per heavy atom. The molecule has 0 bridgehead atoms. The third kappa shape index (κ3) is 0.886. The topological polar surface area (TPSA) is 24.7 Å². The van der Waals surface area contributed by atoms with Crippen LogP contribution in [0.4, 0.5) is 0 Å². The van der Waals surface area contributed by atoms with Crippen LogP contribution in [0.25, 0.3) is 6.08 Å². The number of rotatable bonds is 0. The summed E-state index contributed by atoms with van der Waals surface area (Å²) in [5.41, 5.74) is 3.70. The minimum atomic E-state index is 0.293. The van der Waals surface area contributed by atoms with E-state index >= 15 is 0 Å². The fourth-order valence-electron chi connectivity index (χ4n) is 1.83. The molecule has 13 heavy (non-hydrogen) atoms. The highest BCUT2D eigenvalue weighted by Gasteiger charge is 2.23. The van der Waals surface area contributed by atoms with Crippen LogP contribution >= 0.6 is 0 Å². The highest BCUT2D eigenvalue weighted by atomic mass is 14.9. The van der Waals surface area contributed by atoms with Crippen molar-refractivity contribution in [2.24, 2.45) is 9.98 Å². The Labute approximate surface area is 76.3 Å². The van der Waals surface area contributed by atoms with Crippen molar-refractivity contribution in [2.45, 2.75) is 5.92 Å². The molecular weight excluding hydrogens is 160 g/mol. The number of hydrogen-bond acceptors (Lipinski definition) is 2. The second-order valence-electron chi connectivity index (χ2n) is 3.22. The molecule has 1 aliphatic carbocycles. The Kier molecular flexibility index (Phi) is 1.25. The van der Waals surface area contributed by atoms with Crippen LogP contribution in [0.2, 0.25) is 0 Å². The standard InChI is InChI=1S/C11H8N2/c1-2-4-9-8(3-1)5-11-10(9)6-12-7-13-11/h1-7,10H. The molecule has 0 spiro atoms. The molecule has 1 atom stereocenters. The quantitative estimate of drug-likeness (QED) is 0.567. The van der Waals surface area contributed by atoms with E-state index in [0.29, 0.717) is 5.92 Å². The minimum Gasteiger partial charge on any atom is -0.248 e. The van der Waals surface area contributed by atoms with Gasteiger partial charge in [-0.2, -0.15) is 0 Å². The van der Waals surface area contributed by atoms with Gasteiger partial charge in [0.25, 0.3) is 0 Å². The molecule has 0 N–H and O–H groups in total. The molecule has 0 saturated heterocycles. The van der Waals surface area contributed by atoms with Crippen LogP contribution in [0.3, 0.4) is 0 Å². The maximum atomic E-state index is 4.24. The molecule has 0 fully saturated rings. The number of aliphatic imine (C=N–C) groups is 2. The zero-order valence-corrected chi connectivity index (χ0v) is 7.01. The van der Waals surface area contributed by atoms with Crippen LogP contribution in [-0.4, -0.2) is 12.6 Å². The summed E-state index contributed by atoms with van der Waals surface area (Å²) in [4.78, 5) is 8.31. The third-order valence-electron chi connectivity index (χ3n) is 2.46. The molecule has 62 valence electrons. The monoisotopic (exact) mass is 168 g/mol. The summed E-state index contributed by atoms with van der Waals surface area (Å²) in [6.45, 7) is 0. The van der Waals surface area contributed by atoms with Gasteiger partial charge in [0.05, 0.1) is 11.6 Å². The molecule has 0 saturated carbocycles. The summed E-state index contributed by atoms with van der Waals surface area (Å²) in [6, 6.07) is 8.36. The first kappa shape index (κ1) is 6.78. The molecule has 0 amide bonds. The van der Waals surface area contributed by atoms with E-state index in [1.54, 1.807) is 6.34 Å². The van der Waals surface area contributed by atoms with Gasteiger partial charge in [-0.05, 0) is 17.2 Å². The lowest BCUT2D eigenvalue weighted by Crippen LogP contribution is -2.02. The SMILES string of the molecule is C1=NC=NC2=Cc3ccccc3C12. The largest absolute Gasteiger partial charge is 0.248 e. The second-order valence-corrected chi connectivity index (χ2v) is 3.22. The van der Waals surface area contributed by atoms with Gasteiger partial charge in [-0.3, -0.25) is 0 Å². The Hall–Kier alpha value is -1.70. The highest BCUT2D eigenvalue weighted by Crippen LogP contribution is 2.36. The zero-order valence-electron chi connectivity index (χ0n) is 7.01. The summed E-state index contributed by atoms with van der Waals surface area (Å²) in [7, 11) is 0. The van der Waals surface area contributed by atoms with Gasteiger partial charge in [0.15, 0.2) is 0 Å². The van der Waals surface area contributed by atoms with E-state index in [9.17, 15) is 0 Å². The lowest BCUT2D eigenvalue weighted by Gasteiger charge is -2.09. The van der Waals surface area contributed by atoms with Crippen molar-refractivity contribution in [1.82, 2.24) is 0 Å². The third-order valence-corrected chi connectivity index (χ3v) is 2.46. The molecule has 0 aromatic heterocycles. The van der Waals surface area contributed by atoms with Crippen LogP contribution in [-0.2, 0) is 0 Å². The van der Waals surface area contributed by atoms with E-state index in [-0.39, 0.29) is 0 Å². The van der Waals surface area contributed by atoms with Gasteiger partial charge in [0.1, 0.15) is 6.34 Å². The van der Waals surface area contributed by atoms with Crippen molar-refractivity contribution in [1.29, 1.82) is 0 Å². The molecule has 2 aliphatic rings. The average Bonchev–Trinajstić information content (AvgIpc) is 2.56. The second kappa shape index (κ2) is 2.39.